The number of anilines is 1. The van der Waals surface area contributed by atoms with Gasteiger partial charge in [-0.1, -0.05) is 30.7 Å². The number of fused-ring (bicyclic) bond motifs is 1. The van der Waals surface area contributed by atoms with E-state index in [0.717, 1.165) is 56.2 Å². The van der Waals surface area contributed by atoms with Crippen molar-refractivity contribution in [2.45, 2.75) is 51.6 Å². The van der Waals surface area contributed by atoms with Crippen LogP contribution < -0.4 is 14.4 Å². The van der Waals surface area contributed by atoms with Crippen LogP contribution in [0.25, 0.3) is 11.0 Å². The van der Waals surface area contributed by atoms with E-state index in [1.54, 1.807) is 24.3 Å². The summed E-state index contributed by atoms with van der Waals surface area (Å²) in [6.45, 7) is 6.44. The summed E-state index contributed by atoms with van der Waals surface area (Å²) in [4.78, 5) is 26.2. The fourth-order valence-corrected chi connectivity index (χ4v) is 5.96. The SMILES string of the molecule is CCC1CN(c2cccc(OCc3ccc(Cl)cc3F)n2)CCN1Cc1nc2c(OC)cc(C(=O)O)cc2n1CC1CCO1. The van der Waals surface area contributed by atoms with Crippen LogP contribution in [0.3, 0.4) is 0 Å². The maximum Gasteiger partial charge on any atom is 0.335 e. The summed E-state index contributed by atoms with van der Waals surface area (Å²) in [5, 5.41) is 10.1. The van der Waals surface area contributed by atoms with Gasteiger partial charge in [0.1, 0.15) is 35.3 Å². The second-order valence-corrected chi connectivity index (χ2v) is 11.5. The van der Waals surface area contributed by atoms with Crippen LogP contribution in [0.15, 0.2) is 48.5 Å². The molecule has 2 saturated heterocycles. The number of piperazine rings is 1. The molecule has 4 aromatic rings. The summed E-state index contributed by atoms with van der Waals surface area (Å²) in [6.07, 6.45) is 1.94. The quantitative estimate of drug-likeness (QED) is 0.235. The lowest BCUT2D eigenvalue weighted by Crippen LogP contribution is -2.53. The molecule has 4 heterocycles. The number of aromatic carboxylic acids is 1. The summed E-state index contributed by atoms with van der Waals surface area (Å²) in [5.41, 5.74) is 1.96. The zero-order chi connectivity index (χ0) is 30.8. The Kier molecular flexibility index (Phi) is 8.88. The monoisotopic (exact) mass is 623 g/mol. The highest BCUT2D eigenvalue weighted by Crippen LogP contribution is 2.31. The Morgan fingerprint density at radius 1 is 1.18 bits per heavy atom. The van der Waals surface area contributed by atoms with E-state index in [-0.39, 0.29) is 24.3 Å². The van der Waals surface area contributed by atoms with E-state index < -0.39 is 11.8 Å². The minimum atomic E-state index is -1.01. The van der Waals surface area contributed by atoms with Crippen LogP contribution in [-0.2, 0) is 24.4 Å². The van der Waals surface area contributed by atoms with E-state index in [1.165, 1.54) is 19.2 Å². The van der Waals surface area contributed by atoms with Gasteiger partial charge in [0.05, 0.1) is 37.4 Å². The molecule has 2 aromatic carbocycles. The fraction of sp³-hybridized carbons (Fsp3) is 0.406. The lowest BCUT2D eigenvalue weighted by Gasteiger charge is -2.41. The van der Waals surface area contributed by atoms with Crippen molar-refractivity contribution in [1.29, 1.82) is 0 Å². The molecule has 0 spiro atoms. The number of imidazole rings is 1. The van der Waals surface area contributed by atoms with Crippen molar-refractivity contribution in [3.05, 3.63) is 76.3 Å². The number of ether oxygens (including phenoxy) is 3. The third kappa shape index (κ3) is 6.31. The van der Waals surface area contributed by atoms with E-state index in [9.17, 15) is 14.3 Å². The molecule has 2 aliphatic rings. The highest BCUT2D eigenvalue weighted by Gasteiger charge is 2.30. The van der Waals surface area contributed by atoms with Crippen LogP contribution >= 0.6 is 11.6 Å². The van der Waals surface area contributed by atoms with Gasteiger partial charge in [0.25, 0.3) is 0 Å². The number of aromatic nitrogens is 3. The van der Waals surface area contributed by atoms with Gasteiger partial charge in [-0.2, -0.15) is 4.98 Å². The number of pyridine rings is 1. The third-order valence-electron chi connectivity index (χ3n) is 8.39. The molecule has 44 heavy (non-hydrogen) atoms. The second kappa shape index (κ2) is 13.0. The molecule has 2 aromatic heterocycles. The van der Waals surface area contributed by atoms with E-state index in [4.69, 9.17) is 35.8 Å². The zero-order valence-electron chi connectivity index (χ0n) is 24.7. The molecule has 12 heteroatoms. The van der Waals surface area contributed by atoms with Crippen molar-refractivity contribution >= 4 is 34.4 Å². The van der Waals surface area contributed by atoms with Crippen molar-refractivity contribution in [2.75, 3.05) is 38.3 Å². The molecule has 10 nitrogen and oxygen atoms in total. The van der Waals surface area contributed by atoms with Crippen molar-refractivity contribution in [3.63, 3.8) is 0 Å². The maximum atomic E-state index is 14.2. The van der Waals surface area contributed by atoms with Crippen LogP contribution in [0.1, 0.15) is 41.5 Å². The summed E-state index contributed by atoms with van der Waals surface area (Å²) in [6, 6.07) is 13.6. The lowest BCUT2D eigenvalue weighted by molar-refractivity contribution is -0.0592. The Labute approximate surface area is 259 Å². The Balaban J connectivity index is 1.19. The number of methoxy groups -OCH3 is 1. The predicted molar refractivity (Wildman–Crippen MR) is 164 cm³/mol. The van der Waals surface area contributed by atoms with Gasteiger partial charge in [-0.05, 0) is 43.2 Å². The van der Waals surface area contributed by atoms with Gasteiger partial charge in [0.15, 0.2) is 0 Å². The Hall–Kier alpha value is -3.93. The third-order valence-corrected chi connectivity index (χ3v) is 8.62. The number of benzene rings is 2. The van der Waals surface area contributed by atoms with Gasteiger partial charge in [-0.3, -0.25) is 4.90 Å². The van der Waals surface area contributed by atoms with Crippen LogP contribution in [0.4, 0.5) is 10.2 Å². The Morgan fingerprint density at radius 3 is 2.73 bits per heavy atom. The topological polar surface area (TPSA) is 102 Å². The zero-order valence-corrected chi connectivity index (χ0v) is 25.5. The van der Waals surface area contributed by atoms with Crippen LogP contribution in [-0.4, -0.2) is 76.0 Å². The average molecular weight is 624 g/mol. The molecule has 0 aliphatic carbocycles. The molecule has 2 aliphatic heterocycles. The van der Waals surface area contributed by atoms with E-state index in [1.807, 2.05) is 12.1 Å². The first-order chi connectivity index (χ1) is 21.3. The van der Waals surface area contributed by atoms with E-state index in [2.05, 4.69) is 21.3 Å². The normalized spacial score (nSPS) is 18.8. The van der Waals surface area contributed by atoms with Gasteiger partial charge < -0.3 is 28.8 Å². The van der Waals surface area contributed by atoms with E-state index in [0.29, 0.717) is 40.8 Å². The molecular formula is C32H35ClFN5O5. The number of hydrogen-bond acceptors (Lipinski definition) is 8. The average Bonchev–Trinajstić information content (AvgIpc) is 3.34. The molecule has 6 rings (SSSR count). The summed E-state index contributed by atoms with van der Waals surface area (Å²) >= 11 is 5.87. The number of hydrogen-bond donors (Lipinski definition) is 1. The minimum absolute atomic E-state index is 0.0520. The van der Waals surface area contributed by atoms with Crippen molar-refractivity contribution in [3.8, 4) is 11.6 Å². The minimum Gasteiger partial charge on any atom is -0.494 e. The van der Waals surface area contributed by atoms with Gasteiger partial charge in [0.2, 0.25) is 5.88 Å². The Bertz CT molecular complexity index is 1660. The predicted octanol–water partition coefficient (Wildman–Crippen LogP) is 5.40. The molecule has 2 fully saturated rings. The van der Waals surface area contributed by atoms with Crippen molar-refractivity contribution in [1.82, 2.24) is 19.4 Å². The highest BCUT2D eigenvalue weighted by atomic mass is 35.5. The first-order valence-electron chi connectivity index (χ1n) is 14.8. The van der Waals surface area contributed by atoms with Crippen LogP contribution in [0, 0.1) is 5.82 Å². The first kappa shape index (κ1) is 30.1. The van der Waals surface area contributed by atoms with Gasteiger partial charge >= 0.3 is 5.97 Å². The number of carboxylic acid groups (broad SMARTS) is 1. The number of rotatable bonds is 11. The van der Waals surface area contributed by atoms with Crippen LogP contribution in [0.5, 0.6) is 11.6 Å². The van der Waals surface area contributed by atoms with Crippen LogP contribution in [0.2, 0.25) is 5.02 Å². The van der Waals surface area contributed by atoms with Crippen molar-refractivity contribution < 1.29 is 28.5 Å². The number of carbonyl (C=O) groups is 1. The lowest BCUT2D eigenvalue weighted by atomic mass is 10.1. The largest absolute Gasteiger partial charge is 0.494 e. The first-order valence-corrected chi connectivity index (χ1v) is 15.2. The smallest absolute Gasteiger partial charge is 0.335 e. The van der Waals surface area contributed by atoms with Crippen molar-refractivity contribution in [2.24, 2.45) is 0 Å². The molecule has 0 amide bonds. The number of carboxylic acids is 1. The molecule has 0 radical (unpaired) electrons. The summed E-state index contributed by atoms with van der Waals surface area (Å²) in [7, 11) is 1.53. The maximum absolute atomic E-state index is 14.2. The Morgan fingerprint density at radius 2 is 2.02 bits per heavy atom. The number of nitrogens with zero attached hydrogens (tertiary/aromatic N) is 5. The molecule has 0 bridgehead atoms. The molecule has 232 valence electrons. The molecular weight excluding hydrogens is 589 g/mol. The molecule has 2 unspecified atom stereocenters. The standard InChI is InChI=1S/C32H35ClFN5O5/c1-3-23-16-38(28-5-4-6-30(35-28)44-19-20-7-8-22(33)15-25(20)34)11-10-37(23)18-29-36-31-26(39(29)17-24-9-12-43-24)13-21(32(40)41)14-27(31)42-2/h4-8,13-15,23-24H,3,9-12,16-19H2,1-2H3,(H,40,41). The molecule has 0 saturated carbocycles. The fourth-order valence-electron chi connectivity index (χ4n) is 5.80. The second-order valence-electron chi connectivity index (χ2n) is 11.1. The highest BCUT2D eigenvalue weighted by molar-refractivity contribution is 6.30. The van der Waals surface area contributed by atoms with Gasteiger partial charge in [-0.25, -0.2) is 14.2 Å². The van der Waals surface area contributed by atoms with Gasteiger partial charge in [0, 0.05) is 48.9 Å². The summed E-state index contributed by atoms with van der Waals surface area (Å²) in [5.74, 6) is 1.10. The van der Waals surface area contributed by atoms with E-state index >= 15 is 0 Å². The number of halogens is 2. The summed E-state index contributed by atoms with van der Waals surface area (Å²) < 4.78 is 33.4. The molecule has 2 atom stereocenters. The van der Waals surface area contributed by atoms with Gasteiger partial charge in [-0.15, -0.1) is 0 Å². The molecule has 1 N–H and O–H groups in total.